The van der Waals surface area contributed by atoms with Crippen molar-refractivity contribution in [3.05, 3.63) is 52.5 Å². The van der Waals surface area contributed by atoms with Gasteiger partial charge in [-0.1, -0.05) is 15.9 Å². The number of benzene rings is 2. The van der Waals surface area contributed by atoms with Gasteiger partial charge in [-0.3, -0.25) is 14.5 Å². The van der Waals surface area contributed by atoms with Crippen LogP contribution >= 0.6 is 15.9 Å². The van der Waals surface area contributed by atoms with Gasteiger partial charge >= 0.3 is 6.03 Å². The monoisotopic (exact) mass is 416 g/mol. The number of amides is 4. The lowest BCUT2D eigenvalue weighted by molar-refractivity contribution is -0.114. The van der Waals surface area contributed by atoms with Gasteiger partial charge in [0.25, 0.3) is 5.91 Å². The Kier molecular flexibility index (Phi) is 5.22. The molecule has 0 radical (unpaired) electrons. The largest absolute Gasteiger partial charge is 0.336 e. The first-order valence-corrected chi connectivity index (χ1v) is 8.77. The summed E-state index contributed by atoms with van der Waals surface area (Å²) in [6.07, 6.45) is 0. The van der Waals surface area contributed by atoms with Crippen molar-refractivity contribution in [2.75, 3.05) is 28.6 Å². The molecule has 8 heteroatoms. The van der Waals surface area contributed by atoms with Gasteiger partial charge in [-0.25, -0.2) is 4.79 Å². The van der Waals surface area contributed by atoms with Crippen LogP contribution in [0.2, 0.25) is 0 Å². The first-order chi connectivity index (χ1) is 12.4. The first kappa shape index (κ1) is 17.9. The molecule has 134 valence electrons. The molecule has 1 aliphatic heterocycles. The summed E-state index contributed by atoms with van der Waals surface area (Å²) in [5.74, 6) is -0.539. The highest BCUT2D eigenvalue weighted by atomic mass is 79.9. The summed E-state index contributed by atoms with van der Waals surface area (Å²) in [4.78, 5) is 37.2. The molecule has 1 saturated heterocycles. The second kappa shape index (κ2) is 7.57. The van der Waals surface area contributed by atoms with E-state index in [0.29, 0.717) is 30.0 Å². The molecule has 3 rings (SSSR count). The standard InChI is InChI=1S/C18H17BrN4O3/c1-11(24)21-15-7-4-13(19)10-16(15)22-17(25)12-2-5-14(6-3-12)23-9-8-20-18(23)26/h2-7,10H,8-9H2,1H3,(H,20,26)(H,21,24)(H,22,25). The van der Waals surface area contributed by atoms with Crippen molar-refractivity contribution in [3.63, 3.8) is 0 Å². The molecule has 3 N–H and O–H groups in total. The van der Waals surface area contributed by atoms with Gasteiger partial charge < -0.3 is 16.0 Å². The van der Waals surface area contributed by atoms with Gasteiger partial charge in [0.15, 0.2) is 0 Å². The minimum absolute atomic E-state index is 0.142. The molecular weight excluding hydrogens is 400 g/mol. The minimum atomic E-state index is -0.313. The lowest BCUT2D eigenvalue weighted by Gasteiger charge is -2.15. The molecule has 0 aromatic heterocycles. The summed E-state index contributed by atoms with van der Waals surface area (Å²) >= 11 is 3.35. The molecule has 7 nitrogen and oxygen atoms in total. The number of nitrogens with one attached hydrogen (secondary N) is 3. The van der Waals surface area contributed by atoms with Crippen molar-refractivity contribution in [2.45, 2.75) is 6.92 Å². The quantitative estimate of drug-likeness (QED) is 0.714. The summed E-state index contributed by atoms with van der Waals surface area (Å²) in [6.45, 7) is 2.61. The van der Waals surface area contributed by atoms with E-state index < -0.39 is 0 Å². The van der Waals surface area contributed by atoms with Gasteiger partial charge in [0.1, 0.15) is 0 Å². The highest BCUT2D eigenvalue weighted by Gasteiger charge is 2.21. The third-order valence-corrected chi connectivity index (χ3v) is 4.33. The zero-order chi connectivity index (χ0) is 18.7. The molecule has 26 heavy (non-hydrogen) atoms. The molecule has 1 fully saturated rings. The fourth-order valence-electron chi connectivity index (χ4n) is 2.62. The number of carbonyl (C=O) groups excluding carboxylic acids is 3. The maximum absolute atomic E-state index is 12.5. The maximum Gasteiger partial charge on any atom is 0.321 e. The van der Waals surface area contributed by atoms with Crippen LogP contribution in [0.5, 0.6) is 0 Å². The predicted octanol–water partition coefficient (Wildman–Crippen LogP) is 3.19. The molecule has 0 saturated carbocycles. The van der Waals surface area contributed by atoms with E-state index in [1.165, 1.54) is 6.92 Å². The van der Waals surface area contributed by atoms with Crippen LogP contribution in [0.15, 0.2) is 46.9 Å². The average molecular weight is 417 g/mol. The minimum Gasteiger partial charge on any atom is -0.336 e. The van der Waals surface area contributed by atoms with E-state index in [4.69, 9.17) is 0 Å². The Labute approximate surface area is 158 Å². The van der Waals surface area contributed by atoms with E-state index in [-0.39, 0.29) is 17.8 Å². The van der Waals surface area contributed by atoms with E-state index in [0.717, 1.165) is 10.2 Å². The van der Waals surface area contributed by atoms with E-state index >= 15 is 0 Å². The second-order valence-electron chi connectivity index (χ2n) is 5.76. The van der Waals surface area contributed by atoms with Crippen LogP contribution in [0.1, 0.15) is 17.3 Å². The van der Waals surface area contributed by atoms with Crippen molar-refractivity contribution in [1.29, 1.82) is 0 Å². The molecule has 0 bridgehead atoms. The van der Waals surface area contributed by atoms with Crippen LogP contribution in [-0.4, -0.2) is 30.9 Å². The SMILES string of the molecule is CC(=O)Nc1ccc(Br)cc1NC(=O)c1ccc(N2CCNC2=O)cc1. The normalized spacial score (nSPS) is 13.3. The third-order valence-electron chi connectivity index (χ3n) is 3.84. The number of rotatable bonds is 4. The molecule has 0 unspecified atom stereocenters. The summed E-state index contributed by atoms with van der Waals surface area (Å²) in [5.41, 5.74) is 2.18. The lowest BCUT2D eigenvalue weighted by Crippen LogP contribution is -2.27. The summed E-state index contributed by atoms with van der Waals surface area (Å²) in [6, 6.07) is 11.8. The first-order valence-electron chi connectivity index (χ1n) is 7.98. The molecular formula is C18H17BrN4O3. The average Bonchev–Trinajstić information content (AvgIpc) is 3.03. The Bertz CT molecular complexity index is 867. The molecule has 0 aliphatic carbocycles. The zero-order valence-electron chi connectivity index (χ0n) is 14.0. The number of urea groups is 1. The van der Waals surface area contributed by atoms with Crippen molar-refractivity contribution in [1.82, 2.24) is 5.32 Å². The topological polar surface area (TPSA) is 90.5 Å². The highest BCUT2D eigenvalue weighted by Crippen LogP contribution is 2.27. The molecule has 4 amide bonds. The lowest BCUT2D eigenvalue weighted by atomic mass is 10.1. The van der Waals surface area contributed by atoms with Gasteiger partial charge in [-0.05, 0) is 42.5 Å². The number of hydrogen-bond donors (Lipinski definition) is 3. The Morgan fingerprint density at radius 3 is 2.42 bits per heavy atom. The second-order valence-corrected chi connectivity index (χ2v) is 6.67. The number of hydrogen-bond acceptors (Lipinski definition) is 3. The number of nitrogens with zero attached hydrogens (tertiary/aromatic N) is 1. The van der Waals surface area contributed by atoms with Crippen LogP contribution in [-0.2, 0) is 4.79 Å². The molecule has 0 spiro atoms. The molecule has 0 atom stereocenters. The van der Waals surface area contributed by atoms with Gasteiger partial charge in [-0.15, -0.1) is 0 Å². The Morgan fingerprint density at radius 1 is 1.08 bits per heavy atom. The summed E-state index contributed by atoms with van der Waals surface area (Å²) < 4.78 is 0.775. The predicted molar refractivity (Wildman–Crippen MR) is 104 cm³/mol. The van der Waals surface area contributed by atoms with Crippen LogP contribution in [0.4, 0.5) is 21.9 Å². The van der Waals surface area contributed by atoms with E-state index in [1.807, 2.05) is 0 Å². The van der Waals surface area contributed by atoms with Gasteiger partial charge in [0, 0.05) is 35.7 Å². The zero-order valence-corrected chi connectivity index (χ0v) is 15.6. The Hall–Kier alpha value is -2.87. The molecule has 2 aromatic carbocycles. The van der Waals surface area contributed by atoms with E-state index in [9.17, 15) is 14.4 Å². The summed E-state index contributed by atoms with van der Waals surface area (Å²) in [7, 11) is 0. The highest BCUT2D eigenvalue weighted by molar-refractivity contribution is 9.10. The fourth-order valence-corrected chi connectivity index (χ4v) is 2.98. The molecule has 1 aliphatic rings. The van der Waals surface area contributed by atoms with E-state index in [2.05, 4.69) is 31.9 Å². The number of carbonyl (C=O) groups is 3. The van der Waals surface area contributed by atoms with Crippen LogP contribution in [0.25, 0.3) is 0 Å². The van der Waals surface area contributed by atoms with E-state index in [1.54, 1.807) is 47.4 Å². The van der Waals surface area contributed by atoms with Crippen LogP contribution < -0.4 is 20.9 Å². The maximum atomic E-state index is 12.5. The molecule has 1 heterocycles. The van der Waals surface area contributed by atoms with Crippen molar-refractivity contribution in [2.24, 2.45) is 0 Å². The Balaban J connectivity index is 1.77. The number of anilines is 3. The van der Waals surface area contributed by atoms with Gasteiger partial charge in [0.2, 0.25) is 5.91 Å². The van der Waals surface area contributed by atoms with Crippen molar-refractivity contribution < 1.29 is 14.4 Å². The Morgan fingerprint density at radius 2 is 1.81 bits per heavy atom. The summed E-state index contributed by atoms with van der Waals surface area (Å²) in [5, 5.41) is 8.21. The van der Waals surface area contributed by atoms with Gasteiger partial charge in [0.05, 0.1) is 11.4 Å². The fraction of sp³-hybridized carbons (Fsp3) is 0.167. The number of halogens is 1. The third kappa shape index (κ3) is 4.02. The van der Waals surface area contributed by atoms with Crippen LogP contribution in [0.3, 0.4) is 0 Å². The van der Waals surface area contributed by atoms with Crippen molar-refractivity contribution in [3.8, 4) is 0 Å². The molecule has 2 aromatic rings. The van der Waals surface area contributed by atoms with Crippen LogP contribution in [0, 0.1) is 0 Å². The van der Waals surface area contributed by atoms with Gasteiger partial charge in [-0.2, -0.15) is 0 Å². The smallest absolute Gasteiger partial charge is 0.321 e. The van der Waals surface area contributed by atoms with Crippen molar-refractivity contribution >= 4 is 50.8 Å².